The average Bonchev–Trinajstić information content (AvgIpc) is 2.81. The molecule has 6 nitrogen and oxygen atoms in total. The van der Waals surface area contributed by atoms with Crippen LogP contribution in [-0.4, -0.2) is 36.9 Å². The zero-order valence-electron chi connectivity index (χ0n) is 11.1. The van der Waals surface area contributed by atoms with Crippen molar-refractivity contribution in [1.82, 2.24) is 14.8 Å². The van der Waals surface area contributed by atoms with Gasteiger partial charge in [-0.25, -0.2) is 8.42 Å². The fourth-order valence-electron chi connectivity index (χ4n) is 1.77. The molecule has 2 aromatic rings. The van der Waals surface area contributed by atoms with E-state index in [9.17, 15) is 8.42 Å². The molecular weight excluding hydrogens is 302 g/mol. The van der Waals surface area contributed by atoms with Gasteiger partial charge in [0.1, 0.15) is 0 Å². The van der Waals surface area contributed by atoms with Crippen LogP contribution >= 0.6 is 10.7 Å². The fourth-order valence-corrected chi connectivity index (χ4v) is 2.69. The van der Waals surface area contributed by atoms with E-state index in [0.717, 1.165) is 11.1 Å². The van der Waals surface area contributed by atoms with Gasteiger partial charge in [-0.3, -0.25) is 4.57 Å². The highest BCUT2D eigenvalue weighted by Gasteiger charge is 2.23. The maximum absolute atomic E-state index is 11.5. The lowest BCUT2D eigenvalue weighted by Crippen LogP contribution is -2.11. The highest BCUT2D eigenvalue weighted by molar-refractivity contribution is 8.13. The number of benzene rings is 1. The summed E-state index contributed by atoms with van der Waals surface area (Å²) in [4.78, 5) is 0. The van der Waals surface area contributed by atoms with E-state index in [1.807, 2.05) is 31.2 Å². The molecule has 1 heterocycles. The topological polar surface area (TPSA) is 74.1 Å². The van der Waals surface area contributed by atoms with E-state index in [1.165, 1.54) is 11.7 Å². The predicted molar refractivity (Wildman–Crippen MR) is 75.1 cm³/mol. The third-order valence-corrected chi connectivity index (χ3v) is 3.92. The van der Waals surface area contributed by atoms with Crippen molar-refractivity contribution in [2.24, 2.45) is 0 Å². The van der Waals surface area contributed by atoms with Crippen molar-refractivity contribution < 1.29 is 13.2 Å². The Morgan fingerprint density at radius 1 is 1.25 bits per heavy atom. The maximum atomic E-state index is 11.5. The molecule has 0 N–H and O–H groups in total. The SMILES string of the molecule is COCCn1c(-c2ccc(C)cc2)nnc1S(=O)(=O)Cl. The third kappa shape index (κ3) is 3.17. The molecule has 1 aromatic heterocycles. The Kier molecular flexibility index (Phi) is 4.42. The molecule has 0 saturated heterocycles. The van der Waals surface area contributed by atoms with Crippen LogP contribution in [0.15, 0.2) is 29.4 Å². The highest BCUT2D eigenvalue weighted by atomic mass is 35.7. The standard InChI is InChI=1S/C12H14ClN3O3S/c1-9-3-5-10(6-4-9)11-14-15-12(20(13,17)18)16(11)7-8-19-2/h3-6H,7-8H2,1-2H3. The minimum absolute atomic E-state index is 0.271. The highest BCUT2D eigenvalue weighted by Crippen LogP contribution is 2.22. The summed E-state index contributed by atoms with van der Waals surface area (Å²) < 4.78 is 29.5. The molecule has 2 rings (SSSR count). The minimum atomic E-state index is -3.95. The molecule has 108 valence electrons. The fraction of sp³-hybridized carbons (Fsp3) is 0.333. The van der Waals surface area contributed by atoms with Gasteiger partial charge in [-0.05, 0) is 6.92 Å². The molecule has 0 spiro atoms. The van der Waals surface area contributed by atoms with Crippen molar-refractivity contribution in [3.8, 4) is 11.4 Å². The molecule has 0 unspecified atom stereocenters. The van der Waals surface area contributed by atoms with Crippen LogP contribution in [-0.2, 0) is 20.3 Å². The van der Waals surface area contributed by atoms with Crippen LogP contribution in [0.2, 0.25) is 0 Å². The summed E-state index contributed by atoms with van der Waals surface area (Å²) in [6.45, 7) is 2.60. The first-order valence-electron chi connectivity index (χ1n) is 5.87. The van der Waals surface area contributed by atoms with Gasteiger partial charge in [0.2, 0.25) is 0 Å². The van der Waals surface area contributed by atoms with Gasteiger partial charge in [0.25, 0.3) is 14.2 Å². The van der Waals surface area contributed by atoms with Crippen LogP contribution in [0, 0.1) is 6.92 Å². The van der Waals surface area contributed by atoms with Crippen molar-refractivity contribution in [3.05, 3.63) is 29.8 Å². The van der Waals surface area contributed by atoms with Crippen molar-refractivity contribution in [3.63, 3.8) is 0 Å². The normalized spacial score (nSPS) is 11.8. The zero-order valence-corrected chi connectivity index (χ0v) is 12.6. The Balaban J connectivity index is 2.53. The van der Waals surface area contributed by atoms with Gasteiger partial charge in [0.15, 0.2) is 5.82 Å². The van der Waals surface area contributed by atoms with Crippen LogP contribution in [0.4, 0.5) is 0 Å². The summed E-state index contributed by atoms with van der Waals surface area (Å²) in [6.07, 6.45) is 0. The molecule has 0 atom stereocenters. The molecule has 0 amide bonds. The summed E-state index contributed by atoms with van der Waals surface area (Å²) in [5.74, 6) is 0.446. The lowest BCUT2D eigenvalue weighted by Gasteiger charge is -2.08. The molecular formula is C12H14ClN3O3S. The number of nitrogens with zero attached hydrogens (tertiary/aromatic N) is 3. The summed E-state index contributed by atoms with van der Waals surface area (Å²) in [5, 5.41) is 7.33. The number of methoxy groups -OCH3 is 1. The van der Waals surface area contributed by atoms with Crippen LogP contribution in [0.25, 0.3) is 11.4 Å². The number of ether oxygens (including phenoxy) is 1. The molecule has 0 bridgehead atoms. The number of rotatable bonds is 5. The minimum Gasteiger partial charge on any atom is -0.383 e. The Morgan fingerprint density at radius 2 is 1.90 bits per heavy atom. The quantitative estimate of drug-likeness (QED) is 0.787. The Labute approximate surface area is 121 Å². The number of hydrogen-bond donors (Lipinski definition) is 0. The molecule has 0 aliphatic carbocycles. The van der Waals surface area contributed by atoms with Crippen LogP contribution < -0.4 is 0 Å². The molecule has 0 aliphatic heterocycles. The molecule has 0 radical (unpaired) electrons. The van der Waals surface area contributed by atoms with Gasteiger partial charge in [-0.2, -0.15) is 0 Å². The van der Waals surface area contributed by atoms with Crippen LogP contribution in [0.5, 0.6) is 0 Å². The second-order valence-corrected chi connectivity index (χ2v) is 6.71. The summed E-state index contributed by atoms with van der Waals surface area (Å²) in [7, 11) is 2.96. The van der Waals surface area contributed by atoms with Gasteiger partial charge in [0.05, 0.1) is 13.2 Å². The lowest BCUT2D eigenvalue weighted by molar-refractivity contribution is 0.185. The summed E-state index contributed by atoms with van der Waals surface area (Å²) >= 11 is 0. The Hall–Kier alpha value is -1.44. The number of aromatic nitrogens is 3. The summed E-state index contributed by atoms with van der Waals surface area (Å²) in [5.41, 5.74) is 1.87. The van der Waals surface area contributed by atoms with Gasteiger partial charge < -0.3 is 4.74 Å². The van der Waals surface area contributed by atoms with E-state index in [0.29, 0.717) is 19.0 Å². The molecule has 0 aliphatic rings. The first-order chi connectivity index (χ1) is 9.43. The van der Waals surface area contributed by atoms with Gasteiger partial charge in [-0.1, -0.05) is 29.8 Å². The molecule has 1 aromatic carbocycles. The van der Waals surface area contributed by atoms with Gasteiger partial charge in [-0.15, -0.1) is 10.2 Å². The molecule has 0 fully saturated rings. The molecule has 8 heteroatoms. The Morgan fingerprint density at radius 3 is 2.45 bits per heavy atom. The third-order valence-electron chi connectivity index (χ3n) is 2.76. The molecule has 20 heavy (non-hydrogen) atoms. The zero-order chi connectivity index (χ0) is 14.8. The Bertz CT molecular complexity index is 695. The van der Waals surface area contributed by atoms with E-state index in [4.69, 9.17) is 15.4 Å². The van der Waals surface area contributed by atoms with Crippen molar-refractivity contribution in [2.45, 2.75) is 18.6 Å². The maximum Gasteiger partial charge on any atom is 0.296 e. The molecule has 0 saturated carbocycles. The predicted octanol–water partition coefficient (Wildman–Crippen LogP) is 1.83. The second-order valence-electron chi connectivity index (χ2n) is 4.25. The van der Waals surface area contributed by atoms with E-state index >= 15 is 0 Å². The average molecular weight is 316 g/mol. The van der Waals surface area contributed by atoms with Crippen molar-refractivity contribution in [1.29, 1.82) is 0 Å². The largest absolute Gasteiger partial charge is 0.383 e. The lowest BCUT2D eigenvalue weighted by atomic mass is 10.1. The monoisotopic (exact) mass is 315 g/mol. The first kappa shape index (κ1) is 15.0. The van der Waals surface area contributed by atoms with Crippen molar-refractivity contribution in [2.75, 3.05) is 13.7 Å². The van der Waals surface area contributed by atoms with Crippen LogP contribution in [0.1, 0.15) is 5.56 Å². The van der Waals surface area contributed by atoms with E-state index < -0.39 is 9.05 Å². The van der Waals surface area contributed by atoms with Gasteiger partial charge in [0, 0.05) is 23.4 Å². The summed E-state index contributed by atoms with van der Waals surface area (Å²) in [6, 6.07) is 7.54. The van der Waals surface area contributed by atoms with E-state index in [-0.39, 0.29) is 5.16 Å². The van der Waals surface area contributed by atoms with E-state index in [2.05, 4.69) is 10.2 Å². The van der Waals surface area contributed by atoms with Crippen molar-refractivity contribution >= 4 is 19.7 Å². The smallest absolute Gasteiger partial charge is 0.296 e. The number of hydrogen-bond acceptors (Lipinski definition) is 5. The second kappa shape index (κ2) is 5.90. The van der Waals surface area contributed by atoms with Crippen LogP contribution in [0.3, 0.4) is 0 Å². The number of halogens is 1. The first-order valence-corrected chi connectivity index (χ1v) is 8.18. The van der Waals surface area contributed by atoms with Gasteiger partial charge >= 0.3 is 0 Å². The van der Waals surface area contributed by atoms with E-state index in [1.54, 1.807) is 0 Å². The number of aryl methyl sites for hydroxylation is 1.